The third kappa shape index (κ3) is 5.66. The van der Waals surface area contributed by atoms with Gasteiger partial charge in [0.25, 0.3) is 0 Å². The van der Waals surface area contributed by atoms with Gasteiger partial charge in [0.15, 0.2) is 0 Å². The topological polar surface area (TPSA) is 38.0 Å². The monoisotopic (exact) mass is 682 g/mol. The van der Waals surface area contributed by atoms with Gasteiger partial charge in [0.05, 0.1) is 39.9 Å². The van der Waals surface area contributed by atoms with Crippen molar-refractivity contribution < 1.29 is 0 Å². The summed E-state index contributed by atoms with van der Waals surface area (Å²) >= 11 is 0. The lowest BCUT2D eigenvalue weighted by atomic mass is 9.85. The van der Waals surface area contributed by atoms with Crippen LogP contribution in [0.4, 0.5) is 5.69 Å². The van der Waals surface area contributed by atoms with Gasteiger partial charge in [-0.1, -0.05) is 107 Å². The second kappa shape index (κ2) is 11.6. The molecule has 0 atom stereocenters. The summed E-state index contributed by atoms with van der Waals surface area (Å²) in [5.41, 5.74) is 11.4. The van der Waals surface area contributed by atoms with Gasteiger partial charge in [0.2, 0.25) is 5.69 Å². The smallest absolute Gasteiger partial charge is 0.214 e. The minimum absolute atomic E-state index is 0.0131. The Morgan fingerprint density at radius 1 is 0.481 bits per heavy atom. The first-order valence-corrected chi connectivity index (χ1v) is 18.4. The van der Waals surface area contributed by atoms with Crippen LogP contribution in [0.15, 0.2) is 84.9 Å². The Hall–Kier alpha value is -5.32. The zero-order valence-corrected chi connectivity index (χ0v) is 32.9. The fraction of sp³-hybridized carbons (Fsp3) is 0.333. The first kappa shape index (κ1) is 35.1. The number of nitriles is 1. The SMILES string of the molecule is [C-]#[N+]c1cc(-n2c3ccc(C(C)(C)C)cc3c3cc(C(C)(C)C)ccc32)cc(C#N)c1-n1c2ccc(C(C)(C)C)cc2c2cc(C(C)(C)C)ccc21. The molecule has 5 aromatic carbocycles. The van der Waals surface area contributed by atoms with Gasteiger partial charge in [-0.3, -0.25) is 0 Å². The minimum Gasteiger partial charge on any atom is -0.318 e. The molecule has 7 rings (SSSR count). The number of hydrogen-bond acceptors (Lipinski definition) is 1. The summed E-state index contributed by atoms with van der Waals surface area (Å²) < 4.78 is 4.39. The van der Waals surface area contributed by atoms with Crippen LogP contribution >= 0.6 is 0 Å². The normalized spacial score (nSPS) is 13.0. The number of rotatable bonds is 2. The average molecular weight is 683 g/mol. The molecule has 7 aromatic rings. The number of hydrogen-bond donors (Lipinski definition) is 0. The van der Waals surface area contributed by atoms with Crippen molar-refractivity contribution in [3.05, 3.63) is 124 Å². The van der Waals surface area contributed by atoms with E-state index >= 15 is 0 Å². The molecule has 2 aromatic heterocycles. The first-order chi connectivity index (χ1) is 24.2. The minimum atomic E-state index is -0.0327. The molecule has 262 valence electrons. The van der Waals surface area contributed by atoms with E-state index in [1.165, 1.54) is 33.0 Å². The van der Waals surface area contributed by atoms with E-state index in [1.807, 2.05) is 12.1 Å². The van der Waals surface area contributed by atoms with Crippen LogP contribution in [-0.2, 0) is 21.7 Å². The number of fused-ring (bicyclic) bond motifs is 6. The van der Waals surface area contributed by atoms with Gasteiger partial charge in [-0.2, -0.15) is 5.26 Å². The van der Waals surface area contributed by atoms with Crippen LogP contribution in [0.2, 0.25) is 0 Å². The first-order valence-electron chi connectivity index (χ1n) is 18.4. The fourth-order valence-corrected chi connectivity index (χ4v) is 7.57. The van der Waals surface area contributed by atoms with Gasteiger partial charge in [0, 0.05) is 27.2 Å². The van der Waals surface area contributed by atoms with Crippen LogP contribution in [0.25, 0.3) is 59.8 Å². The molecule has 0 spiro atoms. The molecule has 52 heavy (non-hydrogen) atoms. The van der Waals surface area contributed by atoms with Gasteiger partial charge >= 0.3 is 0 Å². The Morgan fingerprint density at radius 2 is 0.808 bits per heavy atom. The van der Waals surface area contributed by atoms with Crippen molar-refractivity contribution in [3.8, 4) is 17.4 Å². The summed E-state index contributed by atoms with van der Waals surface area (Å²) in [6.07, 6.45) is 0. The van der Waals surface area contributed by atoms with Gasteiger partial charge in [-0.05, 0) is 105 Å². The van der Waals surface area contributed by atoms with Gasteiger partial charge in [0.1, 0.15) is 6.07 Å². The molecule has 0 amide bonds. The highest BCUT2D eigenvalue weighted by atomic mass is 15.0. The summed E-state index contributed by atoms with van der Waals surface area (Å²) in [5.74, 6) is 0. The number of nitrogens with zero attached hydrogens (tertiary/aromatic N) is 4. The maximum absolute atomic E-state index is 10.9. The zero-order valence-electron chi connectivity index (χ0n) is 32.9. The molecular formula is C48H50N4. The van der Waals surface area contributed by atoms with E-state index in [9.17, 15) is 5.26 Å². The maximum atomic E-state index is 10.9. The standard InChI is InChI=1S/C48H50N4/c1-45(2,3)30-14-18-40-35(23-30)36-24-31(46(4,5)6)15-19-41(36)51(40)34-22-29(28-49)44(39(27-34)50-13)52-42-20-16-32(47(7,8)9)25-37(42)38-26-33(48(10,11)12)17-21-43(38)52/h14-27H,1-12H3. The highest BCUT2D eigenvalue weighted by Crippen LogP contribution is 2.43. The van der Waals surface area contributed by atoms with E-state index in [-0.39, 0.29) is 21.7 Å². The van der Waals surface area contributed by atoms with Crippen LogP contribution in [0.5, 0.6) is 0 Å². The Bertz CT molecular complexity index is 2490. The third-order valence-corrected chi connectivity index (χ3v) is 10.8. The molecule has 0 bridgehead atoms. The number of benzene rings is 5. The molecule has 2 heterocycles. The largest absolute Gasteiger partial charge is 0.318 e. The van der Waals surface area contributed by atoms with Crippen molar-refractivity contribution in [1.29, 1.82) is 5.26 Å². The molecule has 4 heteroatoms. The molecule has 0 N–H and O–H groups in total. The summed E-state index contributed by atoms with van der Waals surface area (Å²) in [4.78, 5) is 4.15. The maximum Gasteiger partial charge on any atom is 0.214 e. The van der Waals surface area contributed by atoms with E-state index in [1.54, 1.807) is 0 Å². The molecule has 0 saturated carbocycles. The van der Waals surface area contributed by atoms with Gasteiger partial charge in [-0.25, -0.2) is 4.85 Å². The third-order valence-electron chi connectivity index (χ3n) is 10.8. The molecule has 0 radical (unpaired) electrons. The van der Waals surface area contributed by atoms with Crippen molar-refractivity contribution in [2.75, 3.05) is 0 Å². The predicted molar refractivity (Wildman–Crippen MR) is 221 cm³/mol. The van der Waals surface area contributed by atoms with Crippen molar-refractivity contribution in [2.45, 2.75) is 105 Å². The highest BCUT2D eigenvalue weighted by Gasteiger charge is 2.26. The molecule has 4 nitrogen and oxygen atoms in total. The quantitative estimate of drug-likeness (QED) is 0.167. The lowest BCUT2D eigenvalue weighted by Crippen LogP contribution is -2.10. The lowest BCUT2D eigenvalue weighted by Gasteiger charge is -2.20. The van der Waals surface area contributed by atoms with Crippen molar-refractivity contribution in [2.24, 2.45) is 0 Å². The molecule has 0 aliphatic heterocycles. The van der Waals surface area contributed by atoms with Crippen molar-refractivity contribution in [1.82, 2.24) is 9.13 Å². The fourth-order valence-electron chi connectivity index (χ4n) is 7.57. The summed E-state index contributed by atoms with van der Waals surface area (Å²) in [7, 11) is 0. The van der Waals surface area contributed by atoms with E-state index in [4.69, 9.17) is 6.57 Å². The second-order valence-electron chi connectivity index (χ2n) is 18.7. The second-order valence-corrected chi connectivity index (χ2v) is 18.7. The van der Waals surface area contributed by atoms with Gasteiger partial charge in [-0.15, -0.1) is 0 Å². The Morgan fingerprint density at radius 3 is 1.10 bits per heavy atom. The molecule has 0 fully saturated rings. The van der Waals surface area contributed by atoms with E-state index in [2.05, 4.69) is 176 Å². The predicted octanol–water partition coefficient (Wildman–Crippen LogP) is 13.5. The van der Waals surface area contributed by atoms with Crippen LogP contribution < -0.4 is 0 Å². The molecule has 0 unspecified atom stereocenters. The zero-order chi connectivity index (χ0) is 37.7. The lowest BCUT2D eigenvalue weighted by molar-refractivity contribution is 0.590. The van der Waals surface area contributed by atoms with E-state index in [0.29, 0.717) is 16.9 Å². The molecular weight excluding hydrogens is 633 g/mol. The van der Waals surface area contributed by atoms with Crippen LogP contribution in [-0.4, -0.2) is 9.13 Å². The van der Waals surface area contributed by atoms with E-state index in [0.717, 1.165) is 38.5 Å². The number of aromatic nitrogens is 2. The van der Waals surface area contributed by atoms with Crippen molar-refractivity contribution >= 4 is 49.3 Å². The highest BCUT2D eigenvalue weighted by molar-refractivity contribution is 6.12. The average Bonchev–Trinajstić information content (AvgIpc) is 3.57. The van der Waals surface area contributed by atoms with Gasteiger partial charge < -0.3 is 9.13 Å². The van der Waals surface area contributed by atoms with Crippen LogP contribution in [0.1, 0.15) is 111 Å². The Labute approximate surface area is 309 Å². The molecule has 0 aliphatic carbocycles. The van der Waals surface area contributed by atoms with Crippen LogP contribution in [0.3, 0.4) is 0 Å². The van der Waals surface area contributed by atoms with E-state index < -0.39 is 0 Å². The summed E-state index contributed by atoms with van der Waals surface area (Å²) in [5, 5.41) is 15.5. The molecule has 0 aliphatic rings. The molecule has 0 saturated heterocycles. The Kier molecular flexibility index (Phi) is 7.83. The van der Waals surface area contributed by atoms with Crippen molar-refractivity contribution in [3.63, 3.8) is 0 Å². The summed E-state index contributed by atoms with van der Waals surface area (Å²) in [6, 6.07) is 33.3. The Balaban J connectivity index is 1.56. The van der Waals surface area contributed by atoms with Crippen LogP contribution in [0, 0.1) is 17.9 Å². The summed E-state index contributed by atoms with van der Waals surface area (Å²) in [6.45, 7) is 35.4.